The summed E-state index contributed by atoms with van der Waals surface area (Å²) in [4.78, 5) is 0. The van der Waals surface area contributed by atoms with Crippen molar-refractivity contribution in [2.24, 2.45) is 0 Å². The van der Waals surface area contributed by atoms with Crippen LogP contribution in [0.3, 0.4) is 0 Å². The minimum absolute atomic E-state index is 0.191. The van der Waals surface area contributed by atoms with Crippen molar-refractivity contribution in [3.63, 3.8) is 0 Å². The Kier molecular flexibility index (Phi) is 3.06. The van der Waals surface area contributed by atoms with E-state index in [1.54, 1.807) is 0 Å². The second-order valence-electron chi connectivity index (χ2n) is 3.00. The molecular formula is C9H15FO. The van der Waals surface area contributed by atoms with Gasteiger partial charge in [-0.05, 0) is 20.3 Å². The number of allylic oxidation sites excluding steroid dienone is 1. The van der Waals surface area contributed by atoms with Gasteiger partial charge >= 0.3 is 0 Å². The van der Waals surface area contributed by atoms with Gasteiger partial charge in [-0.25, -0.2) is 4.39 Å². The van der Waals surface area contributed by atoms with Crippen molar-refractivity contribution in [3.05, 3.63) is 11.6 Å². The van der Waals surface area contributed by atoms with Crippen LogP contribution in [-0.2, 0) is 4.74 Å². The summed E-state index contributed by atoms with van der Waals surface area (Å²) in [7, 11) is 0. The van der Waals surface area contributed by atoms with Crippen LogP contribution in [0.4, 0.5) is 4.39 Å². The summed E-state index contributed by atoms with van der Waals surface area (Å²) in [6.45, 7) is 4.48. The molecule has 64 valence electrons. The van der Waals surface area contributed by atoms with Gasteiger partial charge in [-0.1, -0.05) is 11.6 Å². The second-order valence-corrected chi connectivity index (χ2v) is 3.00. The van der Waals surface area contributed by atoms with E-state index in [1.165, 1.54) is 0 Å². The van der Waals surface area contributed by atoms with E-state index < -0.39 is 6.17 Å². The molecule has 2 heteroatoms. The van der Waals surface area contributed by atoms with E-state index in [2.05, 4.69) is 6.08 Å². The van der Waals surface area contributed by atoms with Gasteiger partial charge < -0.3 is 4.74 Å². The summed E-state index contributed by atoms with van der Waals surface area (Å²) in [5.74, 6) is 0. The van der Waals surface area contributed by atoms with Gasteiger partial charge in [-0.2, -0.15) is 0 Å². The second kappa shape index (κ2) is 3.86. The minimum Gasteiger partial charge on any atom is -0.375 e. The molecule has 2 atom stereocenters. The largest absolute Gasteiger partial charge is 0.375 e. The first-order valence-electron chi connectivity index (χ1n) is 4.15. The normalized spacial score (nSPS) is 31.7. The number of rotatable bonds is 2. The number of halogens is 1. The molecule has 1 nitrogen and oxygen atoms in total. The van der Waals surface area contributed by atoms with Crippen molar-refractivity contribution in [2.45, 2.75) is 39.0 Å². The van der Waals surface area contributed by atoms with Crippen molar-refractivity contribution in [1.82, 2.24) is 0 Å². The van der Waals surface area contributed by atoms with Crippen LogP contribution in [0.15, 0.2) is 11.6 Å². The standard InChI is InChI=1S/C9H15FO/c1-3-11-9-5-4-7(2)6-8(9)10/h4,8-9H,3,5-6H2,1-2H3. The van der Waals surface area contributed by atoms with E-state index in [9.17, 15) is 4.39 Å². The molecule has 0 aliphatic heterocycles. The Labute approximate surface area is 67.2 Å². The molecule has 0 fully saturated rings. The molecule has 0 bridgehead atoms. The monoisotopic (exact) mass is 158 g/mol. The van der Waals surface area contributed by atoms with Crippen LogP contribution in [0.25, 0.3) is 0 Å². The summed E-state index contributed by atoms with van der Waals surface area (Å²) in [6.07, 6.45) is 2.37. The molecule has 0 spiro atoms. The van der Waals surface area contributed by atoms with Crippen molar-refractivity contribution in [2.75, 3.05) is 6.61 Å². The lowest BCUT2D eigenvalue weighted by Crippen LogP contribution is -2.28. The van der Waals surface area contributed by atoms with E-state index in [1.807, 2.05) is 13.8 Å². The highest BCUT2D eigenvalue weighted by Crippen LogP contribution is 2.23. The molecule has 1 rings (SSSR count). The summed E-state index contributed by atoms with van der Waals surface area (Å²) in [5, 5.41) is 0. The van der Waals surface area contributed by atoms with Gasteiger partial charge in [0.15, 0.2) is 0 Å². The maximum Gasteiger partial charge on any atom is 0.130 e. The fraction of sp³-hybridized carbons (Fsp3) is 0.778. The van der Waals surface area contributed by atoms with E-state index >= 15 is 0 Å². The van der Waals surface area contributed by atoms with Crippen molar-refractivity contribution in [3.8, 4) is 0 Å². The zero-order valence-electron chi connectivity index (χ0n) is 7.14. The van der Waals surface area contributed by atoms with Gasteiger partial charge in [0.1, 0.15) is 6.17 Å². The maximum absolute atomic E-state index is 13.1. The van der Waals surface area contributed by atoms with E-state index in [-0.39, 0.29) is 6.10 Å². The summed E-state index contributed by atoms with van der Waals surface area (Å²) in [5.41, 5.74) is 1.15. The molecule has 1 aliphatic carbocycles. The first kappa shape index (κ1) is 8.72. The maximum atomic E-state index is 13.1. The Morgan fingerprint density at radius 1 is 1.73 bits per heavy atom. The van der Waals surface area contributed by atoms with E-state index in [4.69, 9.17) is 4.74 Å². The molecule has 0 heterocycles. The molecular weight excluding hydrogens is 143 g/mol. The van der Waals surface area contributed by atoms with Crippen LogP contribution in [-0.4, -0.2) is 18.9 Å². The molecule has 2 unspecified atom stereocenters. The van der Waals surface area contributed by atoms with Crippen LogP contribution in [0.5, 0.6) is 0 Å². The molecule has 0 N–H and O–H groups in total. The fourth-order valence-corrected chi connectivity index (χ4v) is 1.37. The zero-order valence-corrected chi connectivity index (χ0v) is 7.14. The highest BCUT2D eigenvalue weighted by Gasteiger charge is 2.23. The predicted octanol–water partition coefficient (Wildman–Crippen LogP) is 2.47. The first-order chi connectivity index (χ1) is 5.24. The van der Waals surface area contributed by atoms with Crippen LogP contribution in [0, 0.1) is 0 Å². The van der Waals surface area contributed by atoms with Crippen LogP contribution in [0.1, 0.15) is 26.7 Å². The zero-order chi connectivity index (χ0) is 8.27. The van der Waals surface area contributed by atoms with Crippen molar-refractivity contribution in [1.29, 1.82) is 0 Å². The summed E-state index contributed by atoms with van der Waals surface area (Å²) in [6, 6.07) is 0. The lowest BCUT2D eigenvalue weighted by Gasteiger charge is -2.24. The summed E-state index contributed by atoms with van der Waals surface area (Å²) < 4.78 is 18.3. The Morgan fingerprint density at radius 3 is 3.00 bits per heavy atom. The van der Waals surface area contributed by atoms with Gasteiger partial charge in [0.25, 0.3) is 0 Å². The Hall–Kier alpha value is -0.370. The van der Waals surface area contributed by atoms with Crippen LogP contribution >= 0.6 is 0 Å². The number of ether oxygens (including phenoxy) is 1. The van der Waals surface area contributed by atoms with Crippen LogP contribution in [0.2, 0.25) is 0 Å². The molecule has 11 heavy (non-hydrogen) atoms. The molecule has 0 saturated carbocycles. The van der Waals surface area contributed by atoms with E-state index in [0.717, 1.165) is 12.0 Å². The topological polar surface area (TPSA) is 9.23 Å². The Morgan fingerprint density at radius 2 is 2.45 bits per heavy atom. The SMILES string of the molecule is CCOC1CC=C(C)CC1F. The van der Waals surface area contributed by atoms with Gasteiger partial charge in [-0.15, -0.1) is 0 Å². The smallest absolute Gasteiger partial charge is 0.130 e. The van der Waals surface area contributed by atoms with Gasteiger partial charge in [0.2, 0.25) is 0 Å². The lowest BCUT2D eigenvalue weighted by molar-refractivity contribution is 0.00266. The lowest BCUT2D eigenvalue weighted by atomic mass is 9.96. The Balaban J connectivity index is 2.44. The molecule has 0 saturated heterocycles. The third-order valence-electron chi connectivity index (χ3n) is 2.00. The number of hydrogen-bond donors (Lipinski definition) is 0. The van der Waals surface area contributed by atoms with Gasteiger partial charge in [-0.3, -0.25) is 0 Å². The van der Waals surface area contributed by atoms with Gasteiger partial charge in [0.05, 0.1) is 6.10 Å². The highest BCUT2D eigenvalue weighted by molar-refractivity contribution is 5.06. The molecule has 0 amide bonds. The highest BCUT2D eigenvalue weighted by atomic mass is 19.1. The number of alkyl halides is 1. The molecule has 0 aromatic heterocycles. The molecule has 0 aromatic carbocycles. The third-order valence-corrected chi connectivity index (χ3v) is 2.00. The van der Waals surface area contributed by atoms with Crippen molar-refractivity contribution >= 4 is 0 Å². The Bertz CT molecular complexity index is 154. The molecule has 0 radical (unpaired) electrons. The minimum atomic E-state index is -0.792. The van der Waals surface area contributed by atoms with Crippen LogP contribution < -0.4 is 0 Å². The fourth-order valence-electron chi connectivity index (χ4n) is 1.37. The number of hydrogen-bond acceptors (Lipinski definition) is 1. The van der Waals surface area contributed by atoms with Crippen molar-refractivity contribution < 1.29 is 9.13 Å². The summed E-state index contributed by atoms with van der Waals surface area (Å²) >= 11 is 0. The quantitative estimate of drug-likeness (QED) is 0.561. The average molecular weight is 158 g/mol. The third kappa shape index (κ3) is 2.29. The molecule has 1 aliphatic rings. The first-order valence-corrected chi connectivity index (χ1v) is 4.15. The molecule has 0 aromatic rings. The average Bonchev–Trinajstić information content (AvgIpc) is 1.95. The van der Waals surface area contributed by atoms with E-state index in [0.29, 0.717) is 13.0 Å². The van der Waals surface area contributed by atoms with Gasteiger partial charge in [0, 0.05) is 13.0 Å². The predicted molar refractivity (Wildman–Crippen MR) is 43.3 cm³/mol.